The number of aromatic nitrogens is 2. The molecule has 4 nitrogen and oxygen atoms in total. The fourth-order valence-electron chi connectivity index (χ4n) is 2.81. The number of fused-ring (bicyclic) bond motifs is 1. The minimum absolute atomic E-state index is 0.145. The number of H-pyrrole nitrogens is 1. The molecule has 0 aliphatic heterocycles. The quantitative estimate of drug-likeness (QED) is 0.781. The molecule has 0 bridgehead atoms. The summed E-state index contributed by atoms with van der Waals surface area (Å²) in [6.07, 6.45) is 4.15. The molecule has 0 unspecified atom stereocenters. The van der Waals surface area contributed by atoms with Crippen molar-refractivity contribution in [3.63, 3.8) is 0 Å². The van der Waals surface area contributed by atoms with E-state index in [-0.39, 0.29) is 11.4 Å². The third-order valence-electron chi connectivity index (χ3n) is 4.14. The van der Waals surface area contributed by atoms with Crippen LogP contribution in [-0.2, 0) is 13.1 Å². The molecule has 1 saturated carbocycles. The summed E-state index contributed by atoms with van der Waals surface area (Å²) in [6, 6.07) is 6.87. The molecule has 2 aromatic heterocycles. The van der Waals surface area contributed by atoms with Gasteiger partial charge in [0.2, 0.25) is 0 Å². The molecule has 3 aromatic rings. The van der Waals surface area contributed by atoms with Gasteiger partial charge < -0.3 is 4.98 Å². The summed E-state index contributed by atoms with van der Waals surface area (Å²) >= 11 is 1.63. The number of nitrogens with zero attached hydrogens (tertiary/aromatic N) is 2. The Kier molecular flexibility index (Phi) is 3.71. The highest BCUT2D eigenvalue weighted by Gasteiger charge is 2.30. The molecule has 1 aliphatic carbocycles. The molecule has 118 valence electrons. The highest BCUT2D eigenvalue weighted by atomic mass is 32.1. The van der Waals surface area contributed by atoms with Crippen LogP contribution < -0.4 is 5.56 Å². The maximum atomic E-state index is 13.3. The molecule has 1 aliphatic rings. The zero-order valence-electron chi connectivity index (χ0n) is 12.5. The van der Waals surface area contributed by atoms with Gasteiger partial charge >= 0.3 is 0 Å². The summed E-state index contributed by atoms with van der Waals surface area (Å²) in [6.45, 7) is 1.36. The third kappa shape index (κ3) is 3.18. The fourth-order valence-corrected chi connectivity index (χ4v) is 3.45. The average molecular weight is 329 g/mol. The zero-order valence-corrected chi connectivity index (χ0v) is 13.3. The molecule has 0 atom stereocenters. The van der Waals surface area contributed by atoms with Crippen LogP contribution >= 0.6 is 11.3 Å². The van der Waals surface area contributed by atoms with Gasteiger partial charge in [-0.1, -0.05) is 0 Å². The van der Waals surface area contributed by atoms with Crippen LogP contribution in [0, 0.1) is 5.82 Å². The summed E-state index contributed by atoms with van der Waals surface area (Å²) in [5.74, 6) is -0.343. The molecule has 0 saturated heterocycles. The normalized spacial score (nSPS) is 14.7. The van der Waals surface area contributed by atoms with Gasteiger partial charge in [0.15, 0.2) is 0 Å². The molecule has 0 spiro atoms. The van der Waals surface area contributed by atoms with Crippen LogP contribution in [0.3, 0.4) is 0 Å². The van der Waals surface area contributed by atoms with Gasteiger partial charge in [-0.25, -0.2) is 9.37 Å². The van der Waals surface area contributed by atoms with Crippen molar-refractivity contribution in [2.45, 2.75) is 32.0 Å². The molecule has 1 aromatic carbocycles. The van der Waals surface area contributed by atoms with Gasteiger partial charge in [-0.15, -0.1) is 11.3 Å². The molecule has 0 radical (unpaired) electrons. The van der Waals surface area contributed by atoms with Crippen LogP contribution in [0.5, 0.6) is 0 Å². The average Bonchev–Trinajstić information content (AvgIpc) is 3.25. The van der Waals surface area contributed by atoms with E-state index >= 15 is 0 Å². The number of hydrogen-bond acceptors (Lipinski definition) is 4. The topological polar surface area (TPSA) is 49.0 Å². The number of thiazole rings is 1. The van der Waals surface area contributed by atoms with Gasteiger partial charge in [-0.3, -0.25) is 9.69 Å². The number of nitrogens with one attached hydrogen (secondary N) is 1. The van der Waals surface area contributed by atoms with E-state index in [2.05, 4.69) is 14.9 Å². The first-order valence-electron chi connectivity index (χ1n) is 7.63. The first-order valence-corrected chi connectivity index (χ1v) is 8.51. The van der Waals surface area contributed by atoms with E-state index < -0.39 is 0 Å². The minimum Gasteiger partial charge on any atom is -0.322 e. The number of hydrogen-bond donors (Lipinski definition) is 1. The molecule has 1 N–H and O–H groups in total. The molecule has 1 fully saturated rings. The van der Waals surface area contributed by atoms with Crippen LogP contribution in [0.2, 0.25) is 0 Å². The maximum Gasteiger partial charge on any atom is 0.252 e. The Morgan fingerprint density at radius 1 is 1.30 bits per heavy atom. The lowest BCUT2D eigenvalue weighted by molar-refractivity contribution is 0.244. The van der Waals surface area contributed by atoms with Crippen LogP contribution in [0.1, 0.15) is 23.4 Å². The Morgan fingerprint density at radius 2 is 2.17 bits per heavy atom. The van der Waals surface area contributed by atoms with Gasteiger partial charge in [0.05, 0.1) is 12.1 Å². The Morgan fingerprint density at radius 3 is 2.91 bits per heavy atom. The van der Waals surface area contributed by atoms with Gasteiger partial charge in [0, 0.05) is 29.7 Å². The Balaban J connectivity index is 1.63. The molecular weight excluding hydrogens is 313 g/mol. The van der Waals surface area contributed by atoms with Crippen LogP contribution in [0.4, 0.5) is 4.39 Å². The Labute approximate surface area is 136 Å². The monoisotopic (exact) mass is 329 g/mol. The van der Waals surface area contributed by atoms with Crippen LogP contribution in [0.25, 0.3) is 10.9 Å². The molecule has 23 heavy (non-hydrogen) atoms. The highest BCUT2D eigenvalue weighted by Crippen LogP contribution is 2.30. The lowest BCUT2D eigenvalue weighted by atomic mass is 10.1. The summed E-state index contributed by atoms with van der Waals surface area (Å²) in [7, 11) is 0. The number of aromatic amines is 1. The molecule has 0 amide bonds. The van der Waals surface area contributed by atoms with Crippen molar-refractivity contribution in [2.24, 2.45) is 0 Å². The van der Waals surface area contributed by atoms with Crippen molar-refractivity contribution in [3.05, 3.63) is 62.6 Å². The first-order chi connectivity index (χ1) is 11.2. The minimum atomic E-state index is -0.343. The van der Waals surface area contributed by atoms with E-state index in [1.807, 2.05) is 17.6 Å². The second-order valence-electron chi connectivity index (χ2n) is 5.92. The van der Waals surface area contributed by atoms with Gasteiger partial charge in [0.25, 0.3) is 5.56 Å². The summed E-state index contributed by atoms with van der Waals surface area (Å²) in [5, 5.41) is 3.89. The lowest BCUT2D eigenvalue weighted by Crippen LogP contribution is -2.28. The number of halogens is 1. The van der Waals surface area contributed by atoms with Crippen molar-refractivity contribution in [3.8, 4) is 0 Å². The van der Waals surface area contributed by atoms with Crippen molar-refractivity contribution in [1.29, 1.82) is 0 Å². The predicted octanol–water partition coefficient (Wildman–Crippen LogP) is 3.29. The smallest absolute Gasteiger partial charge is 0.252 e. The summed E-state index contributed by atoms with van der Waals surface area (Å²) in [5.41, 5.74) is 1.11. The van der Waals surface area contributed by atoms with E-state index in [1.165, 1.54) is 25.0 Å². The van der Waals surface area contributed by atoms with E-state index in [1.54, 1.807) is 17.4 Å². The molecular formula is C17H16FN3OS. The van der Waals surface area contributed by atoms with Gasteiger partial charge in [-0.2, -0.15) is 0 Å². The number of benzene rings is 1. The van der Waals surface area contributed by atoms with Gasteiger partial charge in [0.1, 0.15) is 10.8 Å². The Hall–Kier alpha value is -2.05. The zero-order chi connectivity index (χ0) is 15.8. The van der Waals surface area contributed by atoms with E-state index in [0.717, 1.165) is 16.9 Å². The fraction of sp³-hybridized carbons (Fsp3) is 0.294. The Bertz CT molecular complexity index is 886. The summed E-state index contributed by atoms with van der Waals surface area (Å²) < 4.78 is 13.3. The summed E-state index contributed by atoms with van der Waals surface area (Å²) in [4.78, 5) is 21.7. The van der Waals surface area contributed by atoms with Crippen molar-refractivity contribution in [1.82, 2.24) is 14.9 Å². The van der Waals surface area contributed by atoms with Crippen LogP contribution in [0.15, 0.2) is 40.6 Å². The lowest BCUT2D eigenvalue weighted by Gasteiger charge is -2.20. The van der Waals surface area contributed by atoms with Crippen molar-refractivity contribution >= 4 is 22.2 Å². The largest absolute Gasteiger partial charge is 0.322 e. The van der Waals surface area contributed by atoms with E-state index in [0.29, 0.717) is 23.7 Å². The molecule has 2 heterocycles. The molecule has 6 heteroatoms. The standard InChI is InChI=1S/C17H16FN3OS/c18-13-2-1-11-7-12(17(22)20-15(11)8-13)9-21(14-3-4-14)10-16-19-5-6-23-16/h1-2,5-8,14H,3-4,9-10H2,(H,20,22). The second-order valence-corrected chi connectivity index (χ2v) is 6.90. The first kappa shape index (κ1) is 14.5. The van der Waals surface area contributed by atoms with Crippen LogP contribution in [-0.4, -0.2) is 20.9 Å². The SMILES string of the molecule is O=c1[nH]c2cc(F)ccc2cc1CN(Cc1nccs1)C1CC1. The van der Waals surface area contributed by atoms with Crippen molar-refractivity contribution in [2.75, 3.05) is 0 Å². The van der Waals surface area contributed by atoms with Gasteiger partial charge in [-0.05, 0) is 42.5 Å². The second kappa shape index (κ2) is 5.86. The highest BCUT2D eigenvalue weighted by molar-refractivity contribution is 7.09. The number of rotatable bonds is 5. The third-order valence-corrected chi connectivity index (χ3v) is 4.91. The molecule has 4 rings (SSSR count). The van der Waals surface area contributed by atoms with Crippen molar-refractivity contribution < 1.29 is 4.39 Å². The maximum absolute atomic E-state index is 13.3. The predicted molar refractivity (Wildman–Crippen MR) is 88.9 cm³/mol. The van der Waals surface area contributed by atoms with E-state index in [9.17, 15) is 9.18 Å². The van der Waals surface area contributed by atoms with E-state index in [4.69, 9.17) is 0 Å². The number of pyridine rings is 1.